The zero-order valence-electron chi connectivity index (χ0n) is 18.3. The van der Waals surface area contributed by atoms with Crippen molar-refractivity contribution in [2.45, 2.75) is 95.4 Å². The fourth-order valence-corrected chi connectivity index (χ4v) is 6.59. The van der Waals surface area contributed by atoms with Gasteiger partial charge in [-0.05, 0) is 49.2 Å². The van der Waals surface area contributed by atoms with Crippen LogP contribution < -0.4 is 0 Å². The van der Waals surface area contributed by atoms with Crippen LogP contribution >= 0.6 is 0 Å². The first-order chi connectivity index (χ1) is 13.1. The van der Waals surface area contributed by atoms with Crippen molar-refractivity contribution in [1.29, 1.82) is 0 Å². The molecule has 1 saturated heterocycles. The van der Waals surface area contributed by atoms with E-state index in [0.29, 0.717) is 25.0 Å². The maximum absolute atomic E-state index is 10.8. The van der Waals surface area contributed by atoms with Crippen LogP contribution in [-0.4, -0.2) is 44.6 Å². The van der Waals surface area contributed by atoms with Crippen molar-refractivity contribution in [2.24, 2.45) is 23.7 Å². The summed E-state index contributed by atoms with van der Waals surface area (Å²) < 4.78 is 18.6. The Bertz CT molecular complexity index is 631. The Hall–Kier alpha value is -0.383. The summed E-state index contributed by atoms with van der Waals surface area (Å²) in [7, 11) is -1.88. The summed E-state index contributed by atoms with van der Waals surface area (Å²) >= 11 is 0. The van der Waals surface area contributed by atoms with Gasteiger partial charge in [0.2, 0.25) is 0 Å². The minimum Gasteiger partial charge on any atom is -0.403 e. The van der Waals surface area contributed by atoms with Crippen LogP contribution in [0.2, 0.25) is 18.1 Å². The second kappa shape index (κ2) is 7.39. The second-order valence-corrected chi connectivity index (χ2v) is 15.7. The van der Waals surface area contributed by atoms with Crippen molar-refractivity contribution in [3.05, 3.63) is 0 Å². The minimum atomic E-state index is -1.88. The molecule has 0 aromatic carbocycles. The summed E-state index contributed by atoms with van der Waals surface area (Å²) in [6.45, 7) is 12.9. The number of hydrogen-bond acceptors (Lipinski definition) is 4. The van der Waals surface area contributed by atoms with Gasteiger partial charge in [-0.3, -0.25) is 0 Å². The van der Waals surface area contributed by atoms with E-state index in [0.717, 1.165) is 12.8 Å². The van der Waals surface area contributed by atoms with Gasteiger partial charge in [-0.1, -0.05) is 45.5 Å². The molecule has 1 spiro atoms. The summed E-state index contributed by atoms with van der Waals surface area (Å²) in [6.07, 6.45) is 6.39. The Balaban J connectivity index is 1.48. The SMILES string of the molecule is CC(C)(C)[Si](C)(C)OC(C#CC1CC2C(CC23OCCO3)C1O)C1CCCC1. The number of ether oxygens (including phenoxy) is 2. The van der Waals surface area contributed by atoms with Crippen LogP contribution in [0.5, 0.6) is 0 Å². The molecular formula is C23H38O4Si. The molecule has 5 unspecified atom stereocenters. The van der Waals surface area contributed by atoms with Crippen LogP contribution in [-0.2, 0) is 13.9 Å². The molecule has 1 aliphatic heterocycles. The fourth-order valence-electron chi connectivity index (χ4n) is 5.35. The maximum atomic E-state index is 10.8. The van der Waals surface area contributed by atoms with Gasteiger partial charge in [0.05, 0.1) is 19.3 Å². The summed E-state index contributed by atoms with van der Waals surface area (Å²) in [5.74, 6) is 7.75. The molecule has 3 aliphatic carbocycles. The van der Waals surface area contributed by atoms with E-state index in [4.69, 9.17) is 13.9 Å². The highest BCUT2D eigenvalue weighted by Crippen LogP contribution is 2.59. The summed E-state index contributed by atoms with van der Waals surface area (Å²) in [4.78, 5) is 0. The topological polar surface area (TPSA) is 47.9 Å². The van der Waals surface area contributed by atoms with Gasteiger partial charge < -0.3 is 19.0 Å². The lowest BCUT2D eigenvalue weighted by Crippen LogP contribution is -2.54. The van der Waals surface area contributed by atoms with Crippen LogP contribution in [0.1, 0.15) is 59.3 Å². The van der Waals surface area contributed by atoms with E-state index in [-0.39, 0.29) is 29.1 Å². The smallest absolute Gasteiger partial charge is 0.193 e. The Labute approximate surface area is 171 Å². The van der Waals surface area contributed by atoms with Crippen molar-refractivity contribution in [3.63, 3.8) is 0 Å². The van der Waals surface area contributed by atoms with E-state index in [1.807, 2.05) is 0 Å². The Morgan fingerprint density at radius 1 is 1.14 bits per heavy atom. The predicted molar refractivity (Wildman–Crippen MR) is 112 cm³/mol. The molecule has 0 bridgehead atoms. The third-order valence-electron chi connectivity index (χ3n) is 8.20. The lowest BCUT2D eigenvalue weighted by molar-refractivity contribution is -0.275. The third kappa shape index (κ3) is 3.61. The van der Waals surface area contributed by atoms with Gasteiger partial charge in [0, 0.05) is 18.3 Å². The number of rotatable bonds is 3. The van der Waals surface area contributed by atoms with E-state index in [1.54, 1.807) is 0 Å². The van der Waals surface area contributed by atoms with Crippen LogP contribution in [0.25, 0.3) is 0 Å². The summed E-state index contributed by atoms with van der Waals surface area (Å²) in [5.41, 5.74) is 0. The van der Waals surface area contributed by atoms with Gasteiger partial charge in [-0.2, -0.15) is 0 Å². The average Bonchev–Trinajstić information content (AvgIpc) is 3.32. The molecule has 0 aromatic rings. The van der Waals surface area contributed by atoms with Gasteiger partial charge in [-0.25, -0.2) is 0 Å². The lowest BCUT2D eigenvalue weighted by atomic mass is 9.69. The van der Waals surface area contributed by atoms with E-state index in [2.05, 4.69) is 45.7 Å². The van der Waals surface area contributed by atoms with E-state index in [9.17, 15) is 5.11 Å². The predicted octanol–water partition coefficient (Wildman–Crippen LogP) is 4.33. The molecule has 0 aromatic heterocycles. The Morgan fingerprint density at radius 3 is 2.39 bits per heavy atom. The molecular weight excluding hydrogens is 368 g/mol. The van der Waals surface area contributed by atoms with Gasteiger partial charge >= 0.3 is 0 Å². The fraction of sp³-hybridized carbons (Fsp3) is 0.913. The van der Waals surface area contributed by atoms with Crippen LogP contribution in [0.15, 0.2) is 0 Å². The normalized spacial score (nSPS) is 36.1. The van der Waals surface area contributed by atoms with E-state index < -0.39 is 14.1 Å². The zero-order chi connectivity index (χ0) is 20.2. The standard InChI is InChI=1S/C23H38O4Si/c1-22(2,3)28(4,5)27-20(16-8-6-7-9-16)11-10-17-14-19-18(21(17)24)15-23(19)25-12-13-26-23/h16-21,24H,6-9,12-15H2,1-5H3. The first kappa shape index (κ1) is 20.9. The van der Waals surface area contributed by atoms with Crippen molar-refractivity contribution in [3.8, 4) is 11.8 Å². The van der Waals surface area contributed by atoms with Gasteiger partial charge in [-0.15, -0.1) is 0 Å². The third-order valence-corrected chi connectivity index (χ3v) is 12.7. The lowest BCUT2D eigenvalue weighted by Gasteiger charge is -2.48. The highest BCUT2D eigenvalue weighted by atomic mass is 28.4. The van der Waals surface area contributed by atoms with Crippen LogP contribution in [0.3, 0.4) is 0 Å². The molecule has 1 heterocycles. The molecule has 4 fully saturated rings. The Morgan fingerprint density at radius 2 is 1.79 bits per heavy atom. The van der Waals surface area contributed by atoms with Gasteiger partial charge in [0.15, 0.2) is 14.1 Å². The molecule has 1 N–H and O–H groups in total. The molecule has 4 nitrogen and oxygen atoms in total. The number of aliphatic hydroxyl groups excluding tert-OH is 1. The quantitative estimate of drug-likeness (QED) is 0.560. The molecule has 0 radical (unpaired) electrons. The highest BCUT2D eigenvalue weighted by molar-refractivity contribution is 6.74. The summed E-state index contributed by atoms with van der Waals surface area (Å²) in [5, 5.41) is 11.0. The highest BCUT2D eigenvalue weighted by Gasteiger charge is 2.64. The van der Waals surface area contributed by atoms with Crippen molar-refractivity contribution in [2.75, 3.05) is 13.2 Å². The largest absolute Gasteiger partial charge is 0.403 e. The molecule has 28 heavy (non-hydrogen) atoms. The zero-order valence-corrected chi connectivity index (χ0v) is 19.3. The van der Waals surface area contributed by atoms with E-state index >= 15 is 0 Å². The number of fused-ring (bicyclic) bond motifs is 2. The molecule has 5 heteroatoms. The van der Waals surface area contributed by atoms with E-state index in [1.165, 1.54) is 25.7 Å². The second-order valence-electron chi connectivity index (χ2n) is 10.9. The molecule has 4 rings (SSSR count). The number of aliphatic hydroxyl groups is 1. The maximum Gasteiger partial charge on any atom is 0.193 e. The summed E-state index contributed by atoms with van der Waals surface area (Å²) in [6, 6.07) is 0. The van der Waals surface area contributed by atoms with Crippen LogP contribution in [0, 0.1) is 35.5 Å². The minimum absolute atomic E-state index is 0.0155. The van der Waals surface area contributed by atoms with Gasteiger partial charge in [0.25, 0.3) is 0 Å². The average molecular weight is 407 g/mol. The molecule has 5 atom stereocenters. The molecule has 3 saturated carbocycles. The monoisotopic (exact) mass is 406 g/mol. The van der Waals surface area contributed by atoms with Crippen molar-refractivity contribution in [1.82, 2.24) is 0 Å². The van der Waals surface area contributed by atoms with Crippen molar-refractivity contribution < 1.29 is 19.0 Å². The number of hydrogen-bond donors (Lipinski definition) is 1. The first-order valence-corrected chi connectivity index (χ1v) is 14.2. The Kier molecular flexibility index (Phi) is 5.51. The van der Waals surface area contributed by atoms with Gasteiger partial charge in [0.1, 0.15) is 6.10 Å². The van der Waals surface area contributed by atoms with Crippen molar-refractivity contribution >= 4 is 8.32 Å². The molecule has 0 amide bonds. The molecule has 4 aliphatic rings. The van der Waals surface area contributed by atoms with Crippen LogP contribution in [0.4, 0.5) is 0 Å². The molecule has 158 valence electrons. The first-order valence-electron chi connectivity index (χ1n) is 11.3.